The first-order valence-corrected chi connectivity index (χ1v) is 7.36. The number of rotatable bonds is 6. The topological polar surface area (TPSA) is 0 Å². The van der Waals surface area contributed by atoms with Gasteiger partial charge in [0.05, 0.1) is 0 Å². The van der Waals surface area contributed by atoms with Gasteiger partial charge >= 0.3 is 0 Å². The third-order valence-corrected chi connectivity index (χ3v) is 3.85. The third kappa shape index (κ3) is 6.86. The van der Waals surface area contributed by atoms with Crippen molar-refractivity contribution in [2.75, 3.05) is 0 Å². The number of benzene rings is 1. The van der Waals surface area contributed by atoms with Gasteiger partial charge in [0.15, 0.2) is 0 Å². The first-order valence-electron chi connectivity index (χ1n) is 7.36. The Morgan fingerprint density at radius 1 is 0.684 bits per heavy atom. The normalized spacial score (nSPS) is 9.79. The summed E-state index contributed by atoms with van der Waals surface area (Å²) in [6, 6.07) is 9.35. The van der Waals surface area contributed by atoms with Gasteiger partial charge in [0.2, 0.25) is 0 Å². The fourth-order valence-corrected chi connectivity index (χ4v) is 2.56. The van der Waals surface area contributed by atoms with Gasteiger partial charge in [0, 0.05) is 32.7 Å². The maximum absolute atomic E-state index is 3.00. The van der Waals surface area contributed by atoms with E-state index in [1.807, 2.05) is 0 Å². The second-order valence-electron chi connectivity index (χ2n) is 4.69. The molecule has 0 fully saturated rings. The Morgan fingerprint density at radius 3 is 1.05 bits per heavy atom. The molecule has 0 aliphatic rings. The van der Waals surface area contributed by atoms with Gasteiger partial charge in [0.25, 0.3) is 0 Å². The Kier molecular flexibility index (Phi) is 14.7. The van der Waals surface area contributed by atoms with Crippen LogP contribution in [0.15, 0.2) is 37.4 Å². The second kappa shape index (κ2) is 13.1. The van der Waals surface area contributed by atoms with Crippen LogP contribution in [0.25, 0.3) is 0 Å². The zero-order chi connectivity index (χ0) is 14.0. The molecule has 0 aliphatic carbocycles. The van der Waals surface area contributed by atoms with Crippen molar-refractivity contribution in [1.82, 2.24) is 0 Å². The third-order valence-electron chi connectivity index (χ3n) is 3.85. The summed E-state index contributed by atoms with van der Waals surface area (Å²) in [4.78, 5) is 0. The van der Waals surface area contributed by atoms with Crippen molar-refractivity contribution < 1.29 is 32.7 Å². The minimum absolute atomic E-state index is 0. The van der Waals surface area contributed by atoms with E-state index in [1.165, 1.54) is 36.8 Å². The Labute approximate surface area is 146 Å². The molecule has 19 heavy (non-hydrogen) atoms. The molecular weight excluding hydrogens is 305 g/mol. The predicted molar refractivity (Wildman–Crippen MR) is 84.3 cm³/mol. The van der Waals surface area contributed by atoms with Crippen molar-refractivity contribution in [2.45, 2.75) is 65.2 Å². The van der Waals surface area contributed by atoms with E-state index in [2.05, 4.69) is 65.1 Å². The quantitative estimate of drug-likeness (QED) is 0.536. The first kappa shape index (κ1) is 21.4. The summed E-state index contributed by atoms with van der Waals surface area (Å²) in [5.41, 5.74) is 3.03. The molecule has 0 unspecified atom stereocenters. The zero-order valence-corrected chi connectivity index (χ0v) is 16.1. The average molecular weight is 335 g/mol. The molecule has 0 heterocycles. The standard InChI is InChI=1S/C16H26.C2H4.Y/c1-5-13(6-2)15-9-11-16(12-10-15)14(7-3)8-4;1-2;/h9-14H,5-8H2,1-4H3;1-2H2;. The van der Waals surface area contributed by atoms with Crippen LogP contribution in [0, 0.1) is 0 Å². The molecule has 0 saturated heterocycles. The molecule has 0 spiro atoms. The maximum Gasteiger partial charge on any atom is 0 e. The van der Waals surface area contributed by atoms with Gasteiger partial charge in [-0.3, -0.25) is 0 Å². The Hall–Kier alpha value is 0.0639. The molecular formula is C18H30Y. The molecule has 1 radical (unpaired) electrons. The molecule has 0 atom stereocenters. The van der Waals surface area contributed by atoms with E-state index >= 15 is 0 Å². The Morgan fingerprint density at radius 2 is 0.895 bits per heavy atom. The van der Waals surface area contributed by atoms with Gasteiger partial charge in [-0.05, 0) is 48.6 Å². The molecule has 1 heteroatoms. The molecule has 0 amide bonds. The number of hydrogen-bond donors (Lipinski definition) is 0. The van der Waals surface area contributed by atoms with E-state index in [0.29, 0.717) is 0 Å². The minimum Gasteiger partial charge on any atom is -0.106 e. The van der Waals surface area contributed by atoms with Crippen LogP contribution in [0.1, 0.15) is 76.3 Å². The molecule has 1 aromatic carbocycles. The summed E-state index contributed by atoms with van der Waals surface area (Å²) >= 11 is 0. The van der Waals surface area contributed by atoms with E-state index in [-0.39, 0.29) is 32.7 Å². The molecule has 1 rings (SSSR count). The van der Waals surface area contributed by atoms with Gasteiger partial charge < -0.3 is 0 Å². The maximum atomic E-state index is 3.00. The van der Waals surface area contributed by atoms with Gasteiger partial charge in [-0.25, -0.2) is 0 Å². The SMILES string of the molecule is C=C.CCC(CC)c1ccc(C(CC)CC)cc1.[Y]. The van der Waals surface area contributed by atoms with Crippen LogP contribution in [0.5, 0.6) is 0 Å². The van der Waals surface area contributed by atoms with Crippen LogP contribution in [0.3, 0.4) is 0 Å². The first-order chi connectivity index (χ1) is 8.76. The second-order valence-corrected chi connectivity index (χ2v) is 4.69. The van der Waals surface area contributed by atoms with Crippen molar-refractivity contribution >= 4 is 0 Å². The van der Waals surface area contributed by atoms with E-state index in [1.54, 1.807) is 0 Å². The van der Waals surface area contributed by atoms with Crippen molar-refractivity contribution in [3.63, 3.8) is 0 Å². The van der Waals surface area contributed by atoms with E-state index in [9.17, 15) is 0 Å². The largest absolute Gasteiger partial charge is 0.106 e. The van der Waals surface area contributed by atoms with E-state index < -0.39 is 0 Å². The summed E-state index contributed by atoms with van der Waals surface area (Å²) in [5.74, 6) is 1.49. The van der Waals surface area contributed by atoms with E-state index in [4.69, 9.17) is 0 Å². The van der Waals surface area contributed by atoms with Crippen LogP contribution in [0.2, 0.25) is 0 Å². The van der Waals surface area contributed by atoms with Crippen molar-refractivity contribution in [1.29, 1.82) is 0 Å². The molecule has 105 valence electrons. The van der Waals surface area contributed by atoms with Crippen LogP contribution in [-0.4, -0.2) is 0 Å². The minimum atomic E-state index is 0. The number of hydrogen-bond acceptors (Lipinski definition) is 0. The van der Waals surface area contributed by atoms with E-state index in [0.717, 1.165) is 11.8 Å². The Bertz CT molecular complexity index is 263. The fourth-order valence-electron chi connectivity index (χ4n) is 2.56. The molecule has 1 aromatic rings. The van der Waals surface area contributed by atoms with Crippen molar-refractivity contribution in [3.05, 3.63) is 48.6 Å². The smallest absolute Gasteiger partial charge is 0 e. The Balaban J connectivity index is 0. The van der Waals surface area contributed by atoms with Gasteiger partial charge in [-0.15, -0.1) is 13.2 Å². The van der Waals surface area contributed by atoms with Gasteiger partial charge in [-0.2, -0.15) is 0 Å². The van der Waals surface area contributed by atoms with Crippen LogP contribution < -0.4 is 0 Å². The van der Waals surface area contributed by atoms with Crippen molar-refractivity contribution in [3.8, 4) is 0 Å². The summed E-state index contributed by atoms with van der Waals surface area (Å²) in [7, 11) is 0. The summed E-state index contributed by atoms with van der Waals surface area (Å²) in [5, 5.41) is 0. The molecule has 0 aromatic heterocycles. The average Bonchev–Trinajstić information content (AvgIpc) is 2.45. The predicted octanol–water partition coefficient (Wildman–Crippen LogP) is 6.29. The molecule has 0 nitrogen and oxygen atoms in total. The van der Waals surface area contributed by atoms with Crippen LogP contribution >= 0.6 is 0 Å². The fraction of sp³-hybridized carbons (Fsp3) is 0.556. The van der Waals surface area contributed by atoms with Gasteiger partial charge in [0.1, 0.15) is 0 Å². The van der Waals surface area contributed by atoms with Crippen LogP contribution in [-0.2, 0) is 32.7 Å². The van der Waals surface area contributed by atoms with Gasteiger partial charge in [-0.1, -0.05) is 52.0 Å². The van der Waals surface area contributed by atoms with Crippen LogP contribution in [0.4, 0.5) is 0 Å². The monoisotopic (exact) mass is 335 g/mol. The molecule has 0 bridgehead atoms. The van der Waals surface area contributed by atoms with Crippen molar-refractivity contribution in [2.24, 2.45) is 0 Å². The summed E-state index contributed by atoms with van der Waals surface area (Å²) in [6.07, 6.45) is 5.00. The molecule has 0 N–H and O–H groups in total. The summed E-state index contributed by atoms with van der Waals surface area (Å²) < 4.78 is 0. The molecule has 0 saturated carbocycles. The summed E-state index contributed by atoms with van der Waals surface area (Å²) in [6.45, 7) is 15.1. The molecule has 0 aliphatic heterocycles. The zero-order valence-electron chi connectivity index (χ0n) is 13.3.